The van der Waals surface area contributed by atoms with Crippen LogP contribution in [0.25, 0.3) is 0 Å². The molecule has 0 bridgehead atoms. The number of hydrogen-bond acceptors (Lipinski definition) is 2. The highest BCUT2D eigenvalue weighted by Gasteiger charge is 2.32. The van der Waals surface area contributed by atoms with Crippen molar-refractivity contribution in [1.29, 1.82) is 0 Å². The fourth-order valence-electron chi connectivity index (χ4n) is 1.67. The van der Waals surface area contributed by atoms with Crippen LogP contribution in [-0.2, 0) is 11.2 Å². The number of hydrogen-bond donors (Lipinski definition) is 1. The van der Waals surface area contributed by atoms with Crippen molar-refractivity contribution in [3.8, 4) is 0 Å². The smallest absolute Gasteiger partial charge is 0.168 e. The maximum Gasteiger partial charge on any atom is 0.168 e. The van der Waals surface area contributed by atoms with Crippen LogP contribution in [0.4, 0.5) is 4.39 Å². The molecule has 0 saturated carbocycles. The van der Waals surface area contributed by atoms with E-state index in [0.29, 0.717) is 12.8 Å². The molecular formula is C13H16ClFO2. The zero-order valence-electron chi connectivity index (χ0n) is 9.96. The zero-order chi connectivity index (χ0) is 13.1. The second-order valence-corrected chi connectivity index (χ2v) is 4.45. The third kappa shape index (κ3) is 3.05. The fourth-order valence-corrected chi connectivity index (χ4v) is 1.90. The minimum Gasteiger partial charge on any atom is -0.382 e. The average Bonchev–Trinajstić information content (AvgIpc) is 2.32. The number of benzene rings is 1. The van der Waals surface area contributed by atoms with Crippen LogP contribution in [-0.4, -0.2) is 16.5 Å². The van der Waals surface area contributed by atoms with Crippen LogP contribution in [0.1, 0.15) is 32.3 Å². The van der Waals surface area contributed by atoms with E-state index in [1.54, 1.807) is 13.8 Å². The molecule has 0 atom stereocenters. The van der Waals surface area contributed by atoms with E-state index in [4.69, 9.17) is 11.6 Å². The molecule has 94 valence electrons. The molecule has 4 heteroatoms. The average molecular weight is 259 g/mol. The van der Waals surface area contributed by atoms with Crippen LogP contribution in [0.5, 0.6) is 0 Å². The van der Waals surface area contributed by atoms with Gasteiger partial charge in [-0.15, -0.1) is 0 Å². The van der Waals surface area contributed by atoms with Gasteiger partial charge in [0, 0.05) is 17.0 Å². The summed E-state index contributed by atoms with van der Waals surface area (Å²) in [5, 5.41) is 10.2. The third-order valence-corrected chi connectivity index (χ3v) is 3.44. The number of carbonyl (C=O) groups is 1. The Morgan fingerprint density at radius 3 is 2.47 bits per heavy atom. The van der Waals surface area contributed by atoms with Crippen LogP contribution in [0.3, 0.4) is 0 Å². The van der Waals surface area contributed by atoms with Gasteiger partial charge in [0.1, 0.15) is 11.4 Å². The van der Waals surface area contributed by atoms with Gasteiger partial charge in [0.05, 0.1) is 0 Å². The summed E-state index contributed by atoms with van der Waals surface area (Å²) >= 11 is 5.84. The number of rotatable bonds is 5. The van der Waals surface area contributed by atoms with Crippen molar-refractivity contribution in [3.63, 3.8) is 0 Å². The second kappa shape index (κ2) is 5.61. The van der Waals surface area contributed by atoms with Gasteiger partial charge in [-0.3, -0.25) is 4.79 Å². The van der Waals surface area contributed by atoms with Gasteiger partial charge >= 0.3 is 0 Å². The molecule has 0 aliphatic heterocycles. The molecule has 0 amide bonds. The van der Waals surface area contributed by atoms with E-state index in [1.165, 1.54) is 18.2 Å². The highest BCUT2D eigenvalue weighted by molar-refractivity contribution is 6.31. The van der Waals surface area contributed by atoms with Crippen molar-refractivity contribution < 1.29 is 14.3 Å². The van der Waals surface area contributed by atoms with Crippen molar-refractivity contribution in [2.45, 2.75) is 38.7 Å². The first-order chi connectivity index (χ1) is 7.94. The van der Waals surface area contributed by atoms with E-state index >= 15 is 0 Å². The summed E-state index contributed by atoms with van der Waals surface area (Å²) in [5.41, 5.74) is -1.23. The summed E-state index contributed by atoms with van der Waals surface area (Å²) < 4.78 is 13.5. The molecule has 0 spiro atoms. The quantitative estimate of drug-likeness (QED) is 0.881. The van der Waals surface area contributed by atoms with Gasteiger partial charge in [-0.1, -0.05) is 31.5 Å². The maximum atomic E-state index is 13.5. The Bertz CT molecular complexity index is 394. The molecule has 0 radical (unpaired) electrons. The molecule has 1 rings (SSSR count). The molecule has 0 aliphatic carbocycles. The molecule has 17 heavy (non-hydrogen) atoms. The van der Waals surface area contributed by atoms with E-state index in [0.717, 1.165) is 0 Å². The molecule has 1 aromatic rings. The predicted octanol–water partition coefficient (Wildman–Crippen LogP) is 3.14. The lowest BCUT2D eigenvalue weighted by Gasteiger charge is -2.23. The summed E-state index contributed by atoms with van der Waals surface area (Å²) in [6, 6.07) is 4.27. The molecule has 0 fully saturated rings. The first kappa shape index (κ1) is 14.1. The van der Waals surface area contributed by atoms with E-state index in [1.807, 2.05) is 0 Å². The van der Waals surface area contributed by atoms with Crippen LogP contribution in [0.15, 0.2) is 18.2 Å². The summed E-state index contributed by atoms with van der Waals surface area (Å²) in [6.45, 7) is 3.45. The first-order valence-electron chi connectivity index (χ1n) is 5.63. The highest BCUT2D eigenvalue weighted by Crippen LogP contribution is 2.24. The van der Waals surface area contributed by atoms with E-state index in [2.05, 4.69) is 0 Å². The third-order valence-electron chi connectivity index (χ3n) is 3.09. The van der Waals surface area contributed by atoms with Gasteiger partial charge in [0.2, 0.25) is 0 Å². The van der Waals surface area contributed by atoms with Gasteiger partial charge in [0.15, 0.2) is 5.78 Å². The standard InChI is InChI=1S/C13H16ClFO2/c1-3-13(17,4-2)12(16)8-9-10(14)6-5-7-11(9)15/h5-7,17H,3-4,8H2,1-2H3. The van der Waals surface area contributed by atoms with E-state index < -0.39 is 17.2 Å². The highest BCUT2D eigenvalue weighted by atomic mass is 35.5. The molecule has 1 aromatic carbocycles. The van der Waals surface area contributed by atoms with E-state index in [-0.39, 0.29) is 17.0 Å². The normalized spacial score (nSPS) is 11.6. The van der Waals surface area contributed by atoms with Crippen molar-refractivity contribution in [2.24, 2.45) is 0 Å². The molecule has 0 saturated heterocycles. The molecule has 1 N–H and O–H groups in total. The molecule has 0 aromatic heterocycles. The van der Waals surface area contributed by atoms with Crippen LogP contribution >= 0.6 is 11.6 Å². The fraction of sp³-hybridized carbons (Fsp3) is 0.462. The topological polar surface area (TPSA) is 37.3 Å². The van der Waals surface area contributed by atoms with Crippen LogP contribution < -0.4 is 0 Å². The molecule has 0 unspecified atom stereocenters. The Morgan fingerprint density at radius 2 is 2.00 bits per heavy atom. The lowest BCUT2D eigenvalue weighted by Crippen LogP contribution is -2.38. The van der Waals surface area contributed by atoms with Crippen molar-refractivity contribution in [2.75, 3.05) is 0 Å². The Morgan fingerprint density at radius 1 is 1.41 bits per heavy atom. The Hall–Kier alpha value is -0.930. The summed E-state index contributed by atoms with van der Waals surface area (Å²) in [7, 11) is 0. The van der Waals surface area contributed by atoms with E-state index in [9.17, 15) is 14.3 Å². The van der Waals surface area contributed by atoms with Crippen LogP contribution in [0.2, 0.25) is 5.02 Å². The molecular weight excluding hydrogens is 243 g/mol. The van der Waals surface area contributed by atoms with Crippen molar-refractivity contribution in [3.05, 3.63) is 34.6 Å². The van der Waals surface area contributed by atoms with Crippen molar-refractivity contribution in [1.82, 2.24) is 0 Å². The number of Topliss-reactive ketones (excluding diaryl/α,β-unsaturated/α-hetero) is 1. The maximum absolute atomic E-state index is 13.5. The SMILES string of the molecule is CCC(O)(CC)C(=O)Cc1c(F)cccc1Cl. The number of carbonyl (C=O) groups excluding carboxylic acids is 1. The number of ketones is 1. The predicted molar refractivity (Wildman–Crippen MR) is 65.7 cm³/mol. The number of aliphatic hydroxyl groups is 1. The monoisotopic (exact) mass is 258 g/mol. The first-order valence-corrected chi connectivity index (χ1v) is 6.01. The van der Waals surface area contributed by atoms with Gasteiger partial charge in [0.25, 0.3) is 0 Å². The lowest BCUT2D eigenvalue weighted by molar-refractivity contribution is -0.137. The van der Waals surface area contributed by atoms with Crippen molar-refractivity contribution >= 4 is 17.4 Å². The zero-order valence-corrected chi connectivity index (χ0v) is 10.7. The summed E-state index contributed by atoms with van der Waals surface area (Å²) in [5.74, 6) is -0.907. The summed E-state index contributed by atoms with van der Waals surface area (Å²) in [6.07, 6.45) is 0.451. The number of halogens is 2. The van der Waals surface area contributed by atoms with Crippen LogP contribution in [0, 0.1) is 5.82 Å². The second-order valence-electron chi connectivity index (χ2n) is 4.04. The van der Waals surface area contributed by atoms with Gasteiger partial charge < -0.3 is 5.11 Å². The van der Waals surface area contributed by atoms with Gasteiger partial charge in [-0.05, 0) is 25.0 Å². The Kier molecular flexibility index (Phi) is 4.66. The Labute approximate surface area is 105 Å². The minimum atomic E-state index is -1.38. The van der Waals surface area contributed by atoms with Gasteiger partial charge in [-0.2, -0.15) is 0 Å². The summed E-state index contributed by atoms with van der Waals surface area (Å²) in [4.78, 5) is 11.9. The minimum absolute atomic E-state index is 0.152. The largest absolute Gasteiger partial charge is 0.382 e. The molecule has 0 heterocycles. The van der Waals surface area contributed by atoms with Gasteiger partial charge in [-0.25, -0.2) is 4.39 Å². The lowest BCUT2D eigenvalue weighted by atomic mass is 9.88. The Balaban J connectivity index is 2.96. The molecule has 2 nitrogen and oxygen atoms in total. The molecule has 0 aliphatic rings.